The van der Waals surface area contributed by atoms with Gasteiger partial charge in [-0.25, -0.2) is 15.0 Å². The summed E-state index contributed by atoms with van der Waals surface area (Å²) in [5.41, 5.74) is 9.70. The van der Waals surface area contributed by atoms with Crippen LogP contribution in [0.1, 0.15) is 0 Å². The van der Waals surface area contributed by atoms with Gasteiger partial charge in [-0.15, -0.1) is 0 Å². The van der Waals surface area contributed by atoms with E-state index >= 15 is 0 Å². The Hall–Kier alpha value is -4.43. The van der Waals surface area contributed by atoms with E-state index < -0.39 is 0 Å². The fourth-order valence-electron chi connectivity index (χ4n) is 4.37. The SMILES string of the molecule is Nc1nccn2c(-c3ccc(N4CCNCC4)nc3)nc(-c3ccc(Oc4ccccc4)cc3)c12. The number of hydrogen-bond donors (Lipinski definition) is 2. The Morgan fingerprint density at radius 3 is 2.31 bits per heavy atom. The van der Waals surface area contributed by atoms with Crippen LogP contribution in [0.2, 0.25) is 0 Å². The van der Waals surface area contributed by atoms with Crippen molar-refractivity contribution in [3.63, 3.8) is 0 Å². The van der Waals surface area contributed by atoms with Crippen LogP contribution in [0.25, 0.3) is 28.2 Å². The van der Waals surface area contributed by atoms with Gasteiger partial charge in [-0.3, -0.25) is 4.40 Å². The van der Waals surface area contributed by atoms with Gasteiger partial charge < -0.3 is 20.7 Å². The second-order valence-electron chi connectivity index (χ2n) is 8.40. The first-order valence-corrected chi connectivity index (χ1v) is 11.6. The summed E-state index contributed by atoms with van der Waals surface area (Å²) >= 11 is 0. The van der Waals surface area contributed by atoms with Crippen molar-refractivity contribution in [2.45, 2.75) is 0 Å². The zero-order chi connectivity index (χ0) is 23.6. The number of fused-ring (bicyclic) bond motifs is 1. The maximum absolute atomic E-state index is 6.31. The highest BCUT2D eigenvalue weighted by molar-refractivity contribution is 5.88. The van der Waals surface area contributed by atoms with Crippen molar-refractivity contribution in [3.8, 4) is 34.1 Å². The lowest BCUT2D eigenvalue weighted by Gasteiger charge is -2.28. The lowest BCUT2D eigenvalue weighted by Crippen LogP contribution is -2.43. The van der Waals surface area contributed by atoms with Crippen molar-refractivity contribution >= 4 is 17.2 Å². The molecule has 0 unspecified atom stereocenters. The fourth-order valence-corrected chi connectivity index (χ4v) is 4.37. The summed E-state index contributed by atoms with van der Waals surface area (Å²) in [5, 5.41) is 3.37. The number of para-hydroxylation sites is 1. The normalized spacial score (nSPS) is 13.8. The molecule has 4 heterocycles. The number of anilines is 2. The van der Waals surface area contributed by atoms with Crippen molar-refractivity contribution in [1.82, 2.24) is 24.7 Å². The van der Waals surface area contributed by atoms with E-state index in [1.807, 2.05) is 71.4 Å². The summed E-state index contributed by atoms with van der Waals surface area (Å²) in [6.07, 6.45) is 5.45. The molecule has 0 aliphatic carbocycles. The van der Waals surface area contributed by atoms with Gasteiger partial charge in [0.1, 0.15) is 40.2 Å². The first kappa shape index (κ1) is 21.1. The number of pyridine rings is 1. The summed E-state index contributed by atoms with van der Waals surface area (Å²) in [7, 11) is 0. The summed E-state index contributed by atoms with van der Waals surface area (Å²) in [4.78, 5) is 16.3. The van der Waals surface area contributed by atoms with Crippen molar-refractivity contribution in [1.29, 1.82) is 0 Å². The third-order valence-electron chi connectivity index (χ3n) is 6.14. The van der Waals surface area contributed by atoms with E-state index in [1.165, 1.54) is 0 Å². The molecule has 1 fully saturated rings. The molecule has 5 aromatic rings. The summed E-state index contributed by atoms with van der Waals surface area (Å²) < 4.78 is 7.92. The van der Waals surface area contributed by atoms with Crippen LogP contribution in [-0.2, 0) is 0 Å². The van der Waals surface area contributed by atoms with Gasteiger partial charge in [0.05, 0.1) is 0 Å². The van der Waals surface area contributed by atoms with Gasteiger partial charge in [0.2, 0.25) is 0 Å². The van der Waals surface area contributed by atoms with Gasteiger partial charge in [-0.1, -0.05) is 18.2 Å². The molecule has 174 valence electrons. The molecule has 0 spiro atoms. The number of ether oxygens (including phenoxy) is 1. The minimum Gasteiger partial charge on any atom is -0.457 e. The number of nitrogens with two attached hydrogens (primary N) is 1. The summed E-state index contributed by atoms with van der Waals surface area (Å²) in [5.74, 6) is 3.72. The van der Waals surface area contributed by atoms with E-state index in [4.69, 9.17) is 20.4 Å². The maximum atomic E-state index is 6.31. The molecule has 1 aliphatic rings. The lowest BCUT2D eigenvalue weighted by molar-refractivity contribution is 0.483. The Labute approximate surface area is 203 Å². The molecule has 35 heavy (non-hydrogen) atoms. The molecule has 0 bridgehead atoms. The molecule has 2 aromatic carbocycles. The number of nitrogen functional groups attached to an aromatic ring is 1. The van der Waals surface area contributed by atoms with Crippen LogP contribution >= 0.6 is 0 Å². The van der Waals surface area contributed by atoms with E-state index in [9.17, 15) is 0 Å². The number of nitrogens with zero attached hydrogens (tertiary/aromatic N) is 5. The molecule has 1 aliphatic heterocycles. The largest absolute Gasteiger partial charge is 0.457 e. The minimum atomic E-state index is 0.427. The molecular weight excluding hydrogens is 438 g/mol. The Morgan fingerprint density at radius 2 is 1.57 bits per heavy atom. The van der Waals surface area contributed by atoms with E-state index in [-0.39, 0.29) is 0 Å². The predicted octanol–water partition coefficient (Wildman–Crippen LogP) is 4.24. The summed E-state index contributed by atoms with van der Waals surface area (Å²) in [6, 6.07) is 21.7. The second kappa shape index (κ2) is 9.08. The molecule has 3 N–H and O–H groups in total. The topological polar surface area (TPSA) is 93.6 Å². The molecule has 3 aromatic heterocycles. The monoisotopic (exact) mass is 463 g/mol. The lowest BCUT2D eigenvalue weighted by atomic mass is 10.1. The first-order valence-electron chi connectivity index (χ1n) is 11.6. The van der Waals surface area contributed by atoms with Crippen molar-refractivity contribution in [2.75, 3.05) is 36.8 Å². The van der Waals surface area contributed by atoms with Crippen LogP contribution < -0.4 is 20.7 Å². The fraction of sp³-hybridized carbons (Fsp3) is 0.148. The average molecular weight is 464 g/mol. The Morgan fingerprint density at radius 1 is 0.829 bits per heavy atom. The van der Waals surface area contributed by atoms with Gasteiger partial charge >= 0.3 is 0 Å². The van der Waals surface area contributed by atoms with Crippen molar-refractivity contribution in [2.24, 2.45) is 0 Å². The van der Waals surface area contributed by atoms with Crippen LogP contribution in [0.5, 0.6) is 11.5 Å². The Bertz CT molecular complexity index is 1440. The standard InChI is InChI=1S/C27H25N7O/c28-26-25-24(19-6-9-22(10-7-19)35-21-4-2-1-3-5-21)32-27(34(25)17-14-30-26)20-8-11-23(31-18-20)33-15-12-29-13-16-33/h1-11,14,17-18,29H,12-13,15-16H2,(H2,28,30). The Kier molecular flexibility index (Phi) is 5.48. The van der Waals surface area contributed by atoms with Gasteiger partial charge in [0.25, 0.3) is 0 Å². The number of benzene rings is 2. The molecule has 6 rings (SSSR count). The highest BCUT2D eigenvalue weighted by atomic mass is 16.5. The molecule has 0 saturated carbocycles. The van der Waals surface area contributed by atoms with Gasteiger partial charge in [-0.2, -0.15) is 0 Å². The van der Waals surface area contributed by atoms with Crippen LogP contribution in [0.15, 0.2) is 85.3 Å². The molecule has 8 nitrogen and oxygen atoms in total. The van der Waals surface area contributed by atoms with Gasteiger partial charge in [-0.05, 0) is 48.5 Å². The highest BCUT2D eigenvalue weighted by Gasteiger charge is 2.18. The predicted molar refractivity (Wildman–Crippen MR) is 138 cm³/mol. The molecule has 0 radical (unpaired) electrons. The smallest absolute Gasteiger partial charge is 0.150 e. The third kappa shape index (κ3) is 4.15. The minimum absolute atomic E-state index is 0.427. The zero-order valence-electron chi connectivity index (χ0n) is 19.1. The molecular formula is C27H25N7O. The van der Waals surface area contributed by atoms with Crippen molar-refractivity contribution < 1.29 is 4.74 Å². The zero-order valence-corrected chi connectivity index (χ0v) is 19.1. The van der Waals surface area contributed by atoms with Crippen LogP contribution in [-0.4, -0.2) is 45.5 Å². The molecule has 0 atom stereocenters. The molecule has 1 saturated heterocycles. The highest BCUT2D eigenvalue weighted by Crippen LogP contribution is 2.33. The van der Waals surface area contributed by atoms with Crippen LogP contribution in [0.4, 0.5) is 11.6 Å². The number of hydrogen-bond acceptors (Lipinski definition) is 7. The van der Waals surface area contributed by atoms with E-state index in [2.05, 4.69) is 27.3 Å². The van der Waals surface area contributed by atoms with E-state index in [1.54, 1.807) is 6.20 Å². The quantitative estimate of drug-likeness (QED) is 0.403. The van der Waals surface area contributed by atoms with E-state index in [0.29, 0.717) is 5.82 Å². The number of nitrogens with one attached hydrogen (secondary N) is 1. The average Bonchev–Trinajstić information content (AvgIpc) is 3.31. The van der Waals surface area contributed by atoms with Crippen LogP contribution in [0.3, 0.4) is 0 Å². The van der Waals surface area contributed by atoms with Gasteiger partial charge in [0, 0.05) is 55.9 Å². The number of imidazole rings is 1. The number of piperazine rings is 1. The first-order chi connectivity index (χ1) is 17.3. The summed E-state index contributed by atoms with van der Waals surface area (Å²) in [6.45, 7) is 3.85. The van der Waals surface area contributed by atoms with E-state index in [0.717, 1.165) is 71.7 Å². The Balaban J connectivity index is 1.35. The number of rotatable bonds is 5. The van der Waals surface area contributed by atoms with Crippen LogP contribution in [0, 0.1) is 0 Å². The second-order valence-corrected chi connectivity index (χ2v) is 8.40. The number of aromatic nitrogens is 4. The van der Waals surface area contributed by atoms with Gasteiger partial charge in [0.15, 0.2) is 0 Å². The molecule has 8 heteroatoms. The maximum Gasteiger partial charge on any atom is 0.150 e. The van der Waals surface area contributed by atoms with Crippen molar-refractivity contribution in [3.05, 3.63) is 85.3 Å². The molecule has 0 amide bonds. The third-order valence-corrected chi connectivity index (χ3v) is 6.14.